The number of hydrogen-bond acceptors (Lipinski definition) is 7. The summed E-state index contributed by atoms with van der Waals surface area (Å²) in [4.78, 5) is 13.1. The van der Waals surface area contributed by atoms with Crippen LogP contribution in [0.1, 0.15) is 11.1 Å². The van der Waals surface area contributed by atoms with Gasteiger partial charge in [-0.25, -0.2) is 8.42 Å². The second-order valence-electron chi connectivity index (χ2n) is 7.81. The van der Waals surface area contributed by atoms with Gasteiger partial charge in [-0.05, 0) is 48.9 Å². The third-order valence-corrected chi connectivity index (χ3v) is 7.24. The molecule has 0 aliphatic carbocycles. The van der Waals surface area contributed by atoms with Gasteiger partial charge >= 0.3 is 0 Å². The lowest BCUT2D eigenvalue weighted by atomic mass is 10.1. The van der Waals surface area contributed by atoms with Crippen molar-refractivity contribution in [3.63, 3.8) is 0 Å². The first kappa shape index (κ1) is 26.7. The number of nitrogens with zero attached hydrogens (tertiary/aromatic N) is 1. The van der Waals surface area contributed by atoms with Crippen LogP contribution in [0.3, 0.4) is 0 Å². The Kier molecular flexibility index (Phi) is 8.65. The lowest BCUT2D eigenvalue weighted by molar-refractivity contribution is -0.119. The maximum atomic E-state index is 13.6. The van der Waals surface area contributed by atoms with E-state index < -0.39 is 22.5 Å². The van der Waals surface area contributed by atoms with Crippen LogP contribution in [-0.4, -0.2) is 49.3 Å². The maximum Gasteiger partial charge on any atom is 0.264 e. The van der Waals surface area contributed by atoms with Gasteiger partial charge < -0.3 is 24.3 Å². The van der Waals surface area contributed by atoms with E-state index in [1.807, 2.05) is 6.92 Å². The fraction of sp³-hybridized carbons (Fsp3) is 0.269. The molecule has 0 atom stereocenters. The molecule has 192 valence electrons. The van der Waals surface area contributed by atoms with Crippen molar-refractivity contribution in [2.75, 3.05) is 39.3 Å². The molecule has 9 nitrogen and oxygen atoms in total. The topological polar surface area (TPSA) is 103 Å². The number of ether oxygens (including phenoxy) is 4. The fourth-order valence-corrected chi connectivity index (χ4v) is 5.03. The molecule has 0 saturated heterocycles. The van der Waals surface area contributed by atoms with Crippen LogP contribution in [0.4, 0.5) is 5.69 Å². The Morgan fingerprint density at radius 3 is 1.97 bits per heavy atom. The number of carbonyl (C=O) groups excluding carboxylic acids is 1. The third kappa shape index (κ3) is 5.83. The van der Waals surface area contributed by atoms with Crippen molar-refractivity contribution in [2.45, 2.75) is 18.4 Å². The van der Waals surface area contributed by atoms with Gasteiger partial charge in [0, 0.05) is 6.54 Å². The molecule has 36 heavy (non-hydrogen) atoms. The molecule has 0 radical (unpaired) electrons. The van der Waals surface area contributed by atoms with Crippen molar-refractivity contribution in [3.8, 4) is 23.0 Å². The van der Waals surface area contributed by atoms with Gasteiger partial charge in [-0.3, -0.25) is 9.10 Å². The number of benzene rings is 3. The third-order valence-electron chi connectivity index (χ3n) is 5.46. The monoisotopic (exact) mass is 514 g/mol. The zero-order valence-corrected chi connectivity index (χ0v) is 21.7. The van der Waals surface area contributed by atoms with Gasteiger partial charge in [-0.15, -0.1) is 0 Å². The largest absolute Gasteiger partial charge is 0.495 e. The average Bonchev–Trinajstić information content (AvgIpc) is 2.89. The number of rotatable bonds is 11. The number of sulfonamides is 1. The Morgan fingerprint density at radius 1 is 0.833 bits per heavy atom. The van der Waals surface area contributed by atoms with Gasteiger partial charge in [0.05, 0.1) is 39.0 Å². The zero-order valence-electron chi connectivity index (χ0n) is 20.9. The van der Waals surface area contributed by atoms with Gasteiger partial charge in [0.1, 0.15) is 12.3 Å². The van der Waals surface area contributed by atoms with Crippen molar-refractivity contribution in [2.24, 2.45) is 0 Å². The summed E-state index contributed by atoms with van der Waals surface area (Å²) < 4.78 is 49.7. The number of amides is 1. The summed E-state index contributed by atoms with van der Waals surface area (Å²) in [7, 11) is 1.87. The summed E-state index contributed by atoms with van der Waals surface area (Å²) in [6, 6.07) is 16.5. The number of hydrogen-bond donors (Lipinski definition) is 1. The van der Waals surface area contributed by atoms with E-state index in [2.05, 4.69) is 5.32 Å². The number of carbonyl (C=O) groups is 1. The number of aryl methyl sites for hydroxylation is 1. The molecule has 1 amide bonds. The van der Waals surface area contributed by atoms with Crippen molar-refractivity contribution in [3.05, 3.63) is 71.8 Å². The number of para-hydroxylation sites is 2. The predicted octanol–water partition coefficient (Wildman–Crippen LogP) is 3.54. The predicted molar refractivity (Wildman–Crippen MR) is 137 cm³/mol. The first-order valence-corrected chi connectivity index (χ1v) is 12.5. The van der Waals surface area contributed by atoms with Crippen LogP contribution in [0.25, 0.3) is 0 Å². The summed E-state index contributed by atoms with van der Waals surface area (Å²) in [5, 5.41) is 2.77. The normalized spacial score (nSPS) is 10.9. The first-order valence-electron chi connectivity index (χ1n) is 11.0. The molecule has 0 spiro atoms. The van der Waals surface area contributed by atoms with Crippen LogP contribution in [-0.2, 0) is 21.4 Å². The summed E-state index contributed by atoms with van der Waals surface area (Å²) in [6.45, 7) is 1.52. The molecule has 0 aliphatic heterocycles. The van der Waals surface area contributed by atoms with E-state index in [0.29, 0.717) is 28.6 Å². The molecule has 0 saturated carbocycles. The van der Waals surface area contributed by atoms with E-state index in [-0.39, 0.29) is 17.1 Å². The molecule has 0 fully saturated rings. The molecule has 3 rings (SSSR count). The highest BCUT2D eigenvalue weighted by Crippen LogP contribution is 2.38. The van der Waals surface area contributed by atoms with Crippen LogP contribution in [0.5, 0.6) is 23.0 Å². The highest BCUT2D eigenvalue weighted by molar-refractivity contribution is 7.92. The molecule has 0 aliphatic rings. The highest BCUT2D eigenvalue weighted by Gasteiger charge is 2.29. The molecular weight excluding hydrogens is 484 g/mol. The lowest BCUT2D eigenvalue weighted by Crippen LogP contribution is -2.40. The molecule has 3 aromatic rings. The van der Waals surface area contributed by atoms with E-state index in [1.54, 1.807) is 48.5 Å². The molecular formula is C26H30N2O7S. The van der Waals surface area contributed by atoms with Crippen LogP contribution < -0.4 is 28.6 Å². The standard InChI is InChI=1S/C26H30N2O7S/c1-18-10-12-20(13-11-18)36(30,31)28(21-8-6-7-9-22(21)32-2)17-25(29)27-16-19-14-23(33-3)26(35-5)24(15-19)34-4/h6-15H,16-17H2,1-5H3,(H,27,29). The van der Waals surface area contributed by atoms with E-state index in [4.69, 9.17) is 18.9 Å². The Balaban J connectivity index is 1.89. The Labute approximate surface area is 211 Å². The summed E-state index contributed by atoms with van der Waals surface area (Å²) >= 11 is 0. The van der Waals surface area contributed by atoms with Crippen molar-refractivity contribution >= 4 is 21.6 Å². The molecule has 0 aromatic heterocycles. The summed E-state index contributed by atoms with van der Waals surface area (Å²) in [6.07, 6.45) is 0. The minimum absolute atomic E-state index is 0.0661. The summed E-state index contributed by atoms with van der Waals surface area (Å²) in [5.41, 5.74) is 1.85. The molecule has 10 heteroatoms. The molecule has 0 unspecified atom stereocenters. The van der Waals surface area contributed by atoms with Crippen molar-refractivity contribution in [1.29, 1.82) is 0 Å². The molecule has 3 aromatic carbocycles. The van der Waals surface area contributed by atoms with Crippen molar-refractivity contribution in [1.82, 2.24) is 5.32 Å². The SMILES string of the molecule is COc1ccccc1N(CC(=O)NCc1cc(OC)c(OC)c(OC)c1)S(=O)(=O)c1ccc(C)cc1. The Morgan fingerprint density at radius 2 is 1.42 bits per heavy atom. The van der Waals surface area contributed by atoms with Crippen LogP contribution in [0.15, 0.2) is 65.6 Å². The number of nitrogens with one attached hydrogen (secondary N) is 1. The van der Waals surface area contributed by atoms with Gasteiger partial charge in [0.15, 0.2) is 11.5 Å². The van der Waals surface area contributed by atoms with E-state index in [1.165, 1.54) is 40.6 Å². The van der Waals surface area contributed by atoms with Crippen LogP contribution in [0.2, 0.25) is 0 Å². The fourth-order valence-electron chi connectivity index (χ4n) is 3.60. The molecule has 0 bridgehead atoms. The molecule has 1 N–H and O–H groups in total. The van der Waals surface area contributed by atoms with Crippen LogP contribution >= 0.6 is 0 Å². The second kappa shape index (κ2) is 11.7. The second-order valence-corrected chi connectivity index (χ2v) is 9.67. The van der Waals surface area contributed by atoms with Gasteiger partial charge in [-0.1, -0.05) is 29.8 Å². The van der Waals surface area contributed by atoms with Crippen LogP contribution in [0, 0.1) is 6.92 Å². The maximum absolute atomic E-state index is 13.6. The number of methoxy groups -OCH3 is 4. The zero-order chi connectivity index (χ0) is 26.3. The lowest BCUT2D eigenvalue weighted by Gasteiger charge is -2.25. The van der Waals surface area contributed by atoms with E-state index >= 15 is 0 Å². The van der Waals surface area contributed by atoms with Crippen molar-refractivity contribution < 1.29 is 32.2 Å². The minimum atomic E-state index is -4.08. The smallest absolute Gasteiger partial charge is 0.264 e. The average molecular weight is 515 g/mol. The first-order chi connectivity index (χ1) is 17.2. The quantitative estimate of drug-likeness (QED) is 0.417. The van der Waals surface area contributed by atoms with Gasteiger partial charge in [0.25, 0.3) is 10.0 Å². The van der Waals surface area contributed by atoms with E-state index in [0.717, 1.165) is 9.87 Å². The van der Waals surface area contributed by atoms with E-state index in [9.17, 15) is 13.2 Å². The van der Waals surface area contributed by atoms with Gasteiger partial charge in [-0.2, -0.15) is 0 Å². The summed E-state index contributed by atoms with van der Waals surface area (Å²) in [5.74, 6) is 1.13. The highest BCUT2D eigenvalue weighted by atomic mass is 32.2. The Bertz CT molecular complexity index is 1280. The molecule has 0 heterocycles. The number of anilines is 1. The van der Waals surface area contributed by atoms with Gasteiger partial charge in [0.2, 0.25) is 11.7 Å². The Hall–Kier alpha value is -3.92. The minimum Gasteiger partial charge on any atom is -0.495 e.